The highest BCUT2D eigenvalue weighted by Crippen LogP contribution is 2.26. The fourth-order valence-corrected chi connectivity index (χ4v) is 2.49. The van der Waals surface area contributed by atoms with Gasteiger partial charge >= 0.3 is 0 Å². The van der Waals surface area contributed by atoms with Crippen molar-refractivity contribution in [1.82, 2.24) is 10.2 Å². The number of hydrogen-bond donors (Lipinski definition) is 1. The lowest BCUT2D eigenvalue weighted by Crippen LogP contribution is -2.52. The number of carbonyl (C=O) groups is 3. The molecule has 18 heavy (non-hydrogen) atoms. The molecule has 0 saturated carbocycles. The van der Waals surface area contributed by atoms with Crippen LogP contribution in [0.1, 0.15) is 33.6 Å². The SMILES string of the molecule is O=C1NCCC[C@@H]1N1C(=O)c2ccccc2C1=O. The molecule has 92 valence electrons. The summed E-state index contributed by atoms with van der Waals surface area (Å²) in [5.41, 5.74) is 0.779. The van der Waals surface area contributed by atoms with E-state index in [2.05, 4.69) is 5.32 Å². The third-order valence-corrected chi connectivity index (χ3v) is 3.39. The van der Waals surface area contributed by atoms with Gasteiger partial charge < -0.3 is 5.32 Å². The Morgan fingerprint density at radius 3 is 2.22 bits per heavy atom. The van der Waals surface area contributed by atoms with Gasteiger partial charge in [0.15, 0.2) is 0 Å². The summed E-state index contributed by atoms with van der Waals surface area (Å²) in [5.74, 6) is -0.967. The van der Waals surface area contributed by atoms with Gasteiger partial charge in [0.1, 0.15) is 6.04 Å². The highest BCUT2D eigenvalue weighted by atomic mass is 16.2. The predicted octanol–water partition coefficient (Wildman–Crippen LogP) is 0.561. The first kappa shape index (κ1) is 11.0. The molecule has 2 heterocycles. The zero-order chi connectivity index (χ0) is 12.7. The quantitative estimate of drug-likeness (QED) is 0.734. The lowest BCUT2D eigenvalue weighted by molar-refractivity contribution is -0.126. The van der Waals surface area contributed by atoms with Crippen LogP contribution in [0.2, 0.25) is 0 Å². The van der Waals surface area contributed by atoms with Gasteiger partial charge in [0, 0.05) is 6.54 Å². The van der Waals surface area contributed by atoms with Gasteiger partial charge in [0.25, 0.3) is 11.8 Å². The molecule has 1 aromatic rings. The summed E-state index contributed by atoms with van der Waals surface area (Å²) in [6.07, 6.45) is 1.32. The Kier molecular flexibility index (Phi) is 2.40. The molecule has 5 heteroatoms. The number of hydrogen-bond acceptors (Lipinski definition) is 3. The molecule has 1 atom stereocenters. The fraction of sp³-hybridized carbons (Fsp3) is 0.308. The minimum atomic E-state index is -0.661. The third kappa shape index (κ3) is 1.44. The average Bonchev–Trinajstić information content (AvgIpc) is 2.64. The zero-order valence-electron chi connectivity index (χ0n) is 9.68. The van der Waals surface area contributed by atoms with Crippen molar-refractivity contribution in [2.24, 2.45) is 0 Å². The lowest BCUT2D eigenvalue weighted by atomic mass is 10.1. The van der Waals surface area contributed by atoms with Crippen LogP contribution in [0.3, 0.4) is 0 Å². The van der Waals surface area contributed by atoms with E-state index in [1.54, 1.807) is 24.3 Å². The molecule has 1 saturated heterocycles. The van der Waals surface area contributed by atoms with Gasteiger partial charge in [-0.25, -0.2) is 0 Å². The van der Waals surface area contributed by atoms with Crippen LogP contribution in [-0.2, 0) is 4.79 Å². The van der Waals surface area contributed by atoms with E-state index in [4.69, 9.17) is 0 Å². The Balaban J connectivity index is 1.99. The van der Waals surface area contributed by atoms with Crippen molar-refractivity contribution in [2.45, 2.75) is 18.9 Å². The van der Waals surface area contributed by atoms with Gasteiger partial charge in [-0.1, -0.05) is 12.1 Å². The summed E-state index contributed by atoms with van der Waals surface area (Å²) < 4.78 is 0. The van der Waals surface area contributed by atoms with Crippen LogP contribution in [0.5, 0.6) is 0 Å². The van der Waals surface area contributed by atoms with E-state index in [0.29, 0.717) is 24.1 Å². The van der Waals surface area contributed by atoms with Crippen molar-refractivity contribution in [3.8, 4) is 0 Å². The predicted molar refractivity (Wildman–Crippen MR) is 63.0 cm³/mol. The smallest absolute Gasteiger partial charge is 0.262 e. The van der Waals surface area contributed by atoms with Crippen molar-refractivity contribution in [1.29, 1.82) is 0 Å². The first-order valence-corrected chi connectivity index (χ1v) is 5.95. The lowest BCUT2D eigenvalue weighted by Gasteiger charge is -2.28. The zero-order valence-corrected chi connectivity index (χ0v) is 9.68. The van der Waals surface area contributed by atoms with Crippen LogP contribution in [0.15, 0.2) is 24.3 Å². The molecule has 0 spiro atoms. The van der Waals surface area contributed by atoms with Gasteiger partial charge in [-0.05, 0) is 25.0 Å². The minimum absolute atomic E-state index is 0.240. The Bertz CT molecular complexity index is 518. The highest BCUT2D eigenvalue weighted by Gasteiger charge is 2.43. The molecule has 1 aromatic carbocycles. The third-order valence-electron chi connectivity index (χ3n) is 3.39. The van der Waals surface area contributed by atoms with Crippen LogP contribution < -0.4 is 5.32 Å². The molecule has 0 radical (unpaired) electrons. The molecular formula is C13H12N2O3. The second-order valence-electron chi connectivity index (χ2n) is 4.47. The number of nitrogens with one attached hydrogen (secondary N) is 1. The van der Waals surface area contributed by atoms with Crippen molar-refractivity contribution >= 4 is 17.7 Å². The summed E-state index contributed by atoms with van der Waals surface area (Å²) >= 11 is 0. The van der Waals surface area contributed by atoms with Crippen molar-refractivity contribution in [3.63, 3.8) is 0 Å². The fourth-order valence-electron chi connectivity index (χ4n) is 2.49. The monoisotopic (exact) mass is 244 g/mol. The second kappa shape index (κ2) is 3.94. The molecule has 0 bridgehead atoms. The van der Waals surface area contributed by atoms with E-state index >= 15 is 0 Å². The van der Waals surface area contributed by atoms with E-state index in [9.17, 15) is 14.4 Å². The Labute approximate surface area is 104 Å². The molecule has 2 aliphatic rings. The first-order chi connectivity index (χ1) is 8.70. The number of benzene rings is 1. The van der Waals surface area contributed by atoms with E-state index in [-0.39, 0.29) is 17.7 Å². The van der Waals surface area contributed by atoms with Crippen molar-refractivity contribution < 1.29 is 14.4 Å². The number of rotatable bonds is 1. The maximum absolute atomic E-state index is 12.2. The highest BCUT2D eigenvalue weighted by molar-refractivity contribution is 6.22. The summed E-state index contributed by atoms with van der Waals surface area (Å²) in [4.78, 5) is 37.2. The average molecular weight is 244 g/mol. The molecular weight excluding hydrogens is 232 g/mol. The summed E-state index contributed by atoms with van der Waals surface area (Å²) in [6, 6.07) is 6.02. The van der Waals surface area contributed by atoms with Crippen LogP contribution in [0.25, 0.3) is 0 Å². The number of piperidine rings is 1. The maximum atomic E-state index is 12.2. The van der Waals surface area contributed by atoms with E-state index in [0.717, 1.165) is 11.3 Å². The standard InChI is InChI=1S/C13H12N2O3/c16-11-10(6-3-7-14-11)15-12(17)8-4-1-2-5-9(8)13(15)18/h1-2,4-5,10H,3,6-7H2,(H,14,16)/t10-/m0/s1. The van der Waals surface area contributed by atoms with Crippen LogP contribution in [-0.4, -0.2) is 35.2 Å². The van der Waals surface area contributed by atoms with Gasteiger partial charge in [0.2, 0.25) is 5.91 Å². The molecule has 3 amide bonds. The van der Waals surface area contributed by atoms with Gasteiger partial charge in [-0.15, -0.1) is 0 Å². The molecule has 1 N–H and O–H groups in total. The van der Waals surface area contributed by atoms with Crippen LogP contribution in [0, 0.1) is 0 Å². The van der Waals surface area contributed by atoms with E-state index in [1.807, 2.05) is 0 Å². The number of fused-ring (bicyclic) bond motifs is 1. The van der Waals surface area contributed by atoms with Gasteiger partial charge in [-0.2, -0.15) is 0 Å². The Hall–Kier alpha value is -2.17. The molecule has 1 fully saturated rings. The molecule has 2 aliphatic heterocycles. The van der Waals surface area contributed by atoms with E-state index in [1.165, 1.54) is 0 Å². The molecule has 5 nitrogen and oxygen atoms in total. The number of carbonyl (C=O) groups excluding carboxylic acids is 3. The maximum Gasteiger partial charge on any atom is 0.262 e. The Morgan fingerprint density at radius 2 is 1.67 bits per heavy atom. The minimum Gasteiger partial charge on any atom is -0.354 e. The van der Waals surface area contributed by atoms with Crippen molar-refractivity contribution in [2.75, 3.05) is 6.54 Å². The number of imide groups is 1. The van der Waals surface area contributed by atoms with Gasteiger partial charge in [0.05, 0.1) is 11.1 Å². The molecule has 3 rings (SSSR count). The summed E-state index contributed by atoms with van der Waals surface area (Å²) in [6.45, 7) is 0.610. The number of amides is 3. The second-order valence-corrected chi connectivity index (χ2v) is 4.47. The van der Waals surface area contributed by atoms with Crippen LogP contribution >= 0.6 is 0 Å². The van der Waals surface area contributed by atoms with Gasteiger partial charge in [-0.3, -0.25) is 19.3 Å². The van der Waals surface area contributed by atoms with E-state index < -0.39 is 6.04 Å². The largest absolute Gasteiger partial charge is 0.354 e. The topological polar surface area (TPSA) is 66.5 Å². The molecule has 0 aliphatic carbocycles. The molecule has 0 unspecified atom stereocenters. The normalized spacial score (nSPS) is 23.0. The number of nitrogens with zero attached hydrogens (tertiary/aromatic N) is 1. The van der Waals surface area contributed by atoms with Crippen molar-refractivity contribution in [3.05, 3.63) is 35.4 Å². The first-order valence-electron chi connectivity index (χ1n) is 5.95. The summed E-state index contributed by atoms with van der Waals surface area (Å²) in [5, 5.41) is 2.69. The Morgan fingerprint density at radius 1 is 1.06 bits per heavy atom. The summed E-state index contributed by atoms with van der Waals surface area (Å²) in [7, 11) is 0. The molecule has 0 aromatic heterocycles. The van der Waals surface area contributed by atoms with Crippen LogP contribution in [0.4, 0.5) is 0 Å².